The van der Waals surface area contributed by atoms with E-state index in [1.807, 2.05) is 0 Å². The maximum atomic E-state index is 12.0. The molecular formula is C14H15NO4S. The minimum atomic E-state index is -0.253. The minimum absolute atomic E-state index is 0.232. The van der Waals surface area contributed by atoms with Crippen molar-refractivity contribution in [3.63, 3.8) is 0 Å². The van der Waals surface area contributed by atoms with Crippen LogP contribution in [0.1, 0.15) is 12.5 Å². The third kappa shape index (κ3) is 2.65. The molecule has 0 atom stereocenters. The molecule has 2 amide bonds. The van der Waals surface area contributed by atoms with E-state index in [2.05, 4.69) is 0 Å². The van der Waals surface area contributed by atoms with E-state index in [9.17, 15) is 9.59 Å². The number of thioether (sulfide) groups is 1. The second kappa shape index (κ2) is 6.00. The summed E-state index contributed by atoms with van der Waals surface area (Å²) in [6.07, 6.45) is 1.68. The van der Waals surface area contributed by atoms with Crippen LogP contribution in [0.3, 0.4) is 0 Å². The van der Waals surface area contributed by atoms with Gasteiger partial charge >= 0.3 is 0 Å². The highest BCUT2D eigenvalue weighted by atomic mass is 32.2. The average molecular weight is 293 g/mol. The Balaban J connectivity index is 2.32. The first-order valence-corrected chi connectivity index (χ1v) is 6.89. The Hall–Kier alpha value is -1.95. The summed E-state index contributed by atoms with van der Waals surface area (Å²) < 4.78 is 10.4. The number of carbonyl (C=O) groups excluding carboxylic acids is 2. The van der Waals surface area contributed by atoms with E-state index < -0.39 is 0 Å². The van der Waals surface area contributed by atoms with E-state index in [-0.39, 0.29) is 11.1 Å². The Morgan fingerprint density at radius 1 is 1.20 bits per heavy atom. The van der Waals surface area contributed by atoms with Crippen molar-refractivity contribution >= 4 is 29.0 Å². The predicted molar refractivity (Wildman–Crippen MR) is 77.9 cm³/mol. The number of nitrogens with zero attached hydrogens (tertiary/aromatic N) is 1. The van der Waals surface area contributed by atoms with Crippen LogP contribution in [0, 0.1) is 0 Å². The SMILES string of the molecule is CCN1C(=O)S/C(=C/c2ccc(OC)c(OC)c2)C1=O. The van der Waals surface area contributed by atoms with Gasteiger partial charge in [0.05, 0.1) is 19.1 Å². The van der Waals surface area contributed by atoms with Crippen LogP contribution >= 0.6 is 11.8 Å². The van der Waals surface area contributed by atoms with Gasteiger partial charge in [-0.2, -0.15) is 0 Å². The van der Waals surface area contributed by atoms with Crippen LogP contribution in [0.5, 0.6) is 11.5 Å². The highest BCUT2D eigenvalue weighted by Gasteiger charge is 2.33. The molecular weight excluding hydrogens is 278 g/mol. The number of ether oxygens (including phenoxy) is 2. The zero-order chi connectivity index (χ0) is 14.7. The molecule has 0 saturated carbocycles. The maximum Gasteiger partial charge on any atom is 0.293 e. The van der Waals surface area contributed by atoms with E-state index in [1.54, 1.807) is 45.4 Å². The molecule has 1 aliphatic heterocycles. The lowest BCUT2D eigenvalue weighted by molar-refractivity contribution is -0.122. The topological polar surface area (TPSA) is 55.8 Å². The van der Waals surface area contributed by atoms with Gasteiger partial charge in [0.2, 0.25) is 0 Å². The molecule has 0 aromatic heterocycles. The standard InChI is InChI=1S/C14H15NO4S/c1-4-15-13(16)12(20-14(15)17)8-9-5-6-10(18-2)11(7-9)19-3/h5-8H,4H2,1-3H3/b12-8+. The van der Waals surface area contributed by atoms with Gasteiger partial charge in [0, 0.05) is 6.54 Å². The molecule has 0 radical (unpaired) electrons. The Bertz CT molecular complexity index is 583. The predicted octanol–water partition coefficient (Wildman–Crippen LogP) is 2.76. The second-order valence-electron chi connectivity index (χ2n) is 4.04. The van der Waals surface area contributed by atoms with Crippen LogP contribution < -0.4 is 9.47 Å². The van der Waals surface area contributed by atoms with Gasteiger partial charge in [-0.3, -0.25) is 14.5 Å². The normalized spacial score (nSPS) is 16.9. The van der Waals surface area contributed by atoms with Crippen LogP contribution in [-0.4, -0.2) is 36.8 Å². The number of hydrogen-bond acceptors (Lipinski definition) is 5. The Morgan fingerprint density at radius 3 is 2.45 bits per heavy atom. The number of rotatable bonds is 4. The quantitative estimate of drug-likeness (QED) is 0.799. The molecule has 1 saturated heterocycles. The van der Waals surface area contributed by atoms with Crippen molar-refractivity contribution in [2.75, 3.05) is 20.8 Å². The molecule has 0 aliphatic carbocycles. The van der Waals surface area contributed by atoms with Crippen molar-refractivity contribution in [3.8, 4) is 11.5 Å². The van der Waals surface area contributed by atoms with Gasteiger partial charge in [0.1, 0.15) is 0 Å². The van der Waals surface area contributed by atoms with Crippen LogP contribution in [0.4, 0.5) is 4.79 Å². The molecule has 1 aromatic carbocycles. The first-order valence-electron chi connectivity index (χ1n) is 6.08. The van der Waals surface area contributed by atoms with Gasteiger partial charge in [-0.25, -0.2) is 0 Å². The maximum absolute atomic E-state index is 12.0. The lowest BCUT2D eigenvalue weighted by Gasteiger charge is -2.08. The molecule has 1 aromatic rings. The van der Waals surface area contributed by atoms with E-state index in [0.29, 0.717) is 22.9 Å². The molecule has 0 unspecified atom stereocenters. The molecule has 20 heavy (non-hydrogen) atoms. The van der Waals surface area contributed by atoms with Crippen molar-refractivity contribution in [1.29, 1.82) is 0 Å². The summed E-state index contributed by atoms with van der Waals surface area (Å²) in [6, 6.07) is 5.33. The van der Waals surface area contributed by atoms with Crippen molar-refractivity contribution in [1.82, 2.24) is 4.90 Å². The molecule has 0 bridgehead atoms. The first-order chi connectivity index (χ1) is 9.60. The lowest BCUT2D eigenvalue weighted by atomic mass is 10.2. The Labute approximate surface area is 121 Å². The Morgan fingerprint density at radius 2 is 1.90 bits per heavy atom. The number of imide groups is 1. The fourth-order valence-corrected chi connectivity index (χ4v) is 2.77. The number of benzene rings is 1. The summed E-state index contributed by atoms with van der Waals surface area (Å²) in [6.45, 7) is 2.16. The highest BCUT2D eigenvalue weighted by molar-refractivity contribution is 8.18. The second-order valence-corrected chi connectivity index (χ2v) is 5.03. The number of methoxy groups -OCH3 is 2. The van der Waals surface area contributed by atoms with E-state index in [4.69, 9.17) is 9.47 Å². The summed E-state index contributed by atoms with van der Waals surface area (Å²) in [4.78, 5) is 25.3. The molecule has 0 spiro atoms. The monoisotopic (exact) mass is 293 g/mol. The van der Waals surface area contributed by atoms with Gasteiger partial charge in [0.15, 0.2) is 11.5 Å². The molecule has 2 rings (SSSR count). The average Bonchev–Trinajstić information content (AvgIpc) is 2.72. The van der Waals surface area contributed by atoms with Crippen LogP contribution in [0.2, 0.25) is 0 Å². The molecule has 6 heteroatoms. The summed E-state index contributed by atoms with van der Waals surface area (Å²) in [5, 5.41) is -0.232. The summed E-state index contributed by atoms with van der Waals surface area (Å²) >= 11 is 0.951. The number of likely N-dealkylation sites (N-methyl/N-ethyl adjacent to an activating group) is 1. The smallest absolute Gasteiger partial charge is 0.293 e. The largest absolute Gasteiger partial charge is 0.493 e. The summed E-state index contributed by atoms with van der Waals surface area (Å²) in [5.41, 5.74) is 0.782. The zero-order valence-electron chi connectivity index (χ0n) is 11.5. The zero-order valence-corrected chi connectivity index (χ0v) is 12.3. The highest BCUT2D eigenvalue weighted by Crippen LogP contribution is 2.34. The summed E-state index contributed by atoms with van der Waals surface area (Å²) in [5.74, 6) is 0.944. The third-order valence-corrected chi connectivity index (χ3v) is 3.80. The van der Waals surface area contributed by atoms with E-state index in [0.717, 1.165) is 17.3 Å². The minimum Gasteiger partial charge on any atom is -0.493 e. The van der Waals surface area contributed by atoms with Gasteiger partial charge in [0.25, 0.3) is 11.1 Å². The van der Waals surface area contributed by atoms with Gasteiger partial charge in [-0.1, -0.05) is 6.07 Å². The van der Waals surface area contributed by atoms with E-state index in [1.165, 1.54) is 4.90 Å². The fourth-order valence-electron chi connectivity index (χ4n) is 1.87. The molecule has 0 N–H and O–H groups in total. The van der Waals surface area contributed by atoms with Crippen molar-refractivity contribution in [2.45, 2.75) is 6.92 Å². The van der Waals surface area contributed by atoms with Gasteiger partial charge in [-0.05, 0) is 42.5 Å². The number of amides is 2. The molecule has 1 fully saturated rings. The third-order valence-electron chi connectivity index (χ3n) is 2.90. The van der Waals surface area contributed by atoms with Gasteiger partial charge < -0.3 is 9.47 Å². The van der Waals surface area contributed by atoms with Crippen molar-refractivity contribution in [2.24, 2.45) is 0 Å². The first kappa shape index (κ1) is 14.5. The molecule has 1 aliphatic rings. The Kier molecular flexibility index (Phi) is 4.34. The number of carbonyl (C=O) groups is 2. The summed E-state index contributed by atoms with van der Waals surface area (Å²) in [7, 11) is 3.11. The number of hydrogen-bond donors (Lipinski definition) is 0. The van der Waals surface area contributed by atoms with Crippen molar-refractivity contribution in [3.05, 3.63) is 28.7 Å². The van der Waals surface area contributed by atoms with Crippen LogP contribution in [0.25, 0.3) is 6.08 Å². The van der Waals surface area contributed by atoms with Crippen LogP contribution in [0.15, 0.2) is 23.1 Å². The molecule has 106 valence electrons. The van der Waals surface area contributed by atoms with Gasteiger partial charge in [-0.15, -0.1) is 0 Å². The lowest BCUT2D eigenvalue weighted by Crippen LogP contribution is -2.27. The van der Waals surface area contributed by atoms with E-state index >= 15 is 0 Å². The molecule has 5 nitrogen and oxygen atoms in total. The fraction of sp³-hybridized carbons (Fsp3) is 0.286. The van der Waals surface area contributed by atoms with Crippen molar-refractivity contribution < 1.29 is 19.1 Å². The van der Waals surface area contributed by atoms with Crippen LogP contribution in [-0.2, 0) is 4.79 Å². The molecule has 1 heterocycles.